The van der Waals surface area contributed by atoms with E-state index in [2.05, 4.69) is 15.3 Å². The second kappa shape index (κ2) is 4.40. The van der Waals surface area contributed by atoms with Crippen LogP contribution in [0.1, 0.15) is 20.4 Å². The summed E-state index contributed by atoms with van der Waals surface area (Å²) in [6.45, 7) is 3.78. The first-order valence-corrected chi connectivity index (χ1v) is 5.64. The van der Waals surface area contributed by atoms with Crippen LogP contribution in [0.5, 0.6) is 0 Å². The third-order valence-electron chi connectivity index (χ3n) is 2.06. The van der Waals surface area contributed by atoms with Crippen LogP contribution in [0.3, 0.4) is 0 Å². The zero-order valence-electron chi connectivity index (χ0n) is 9.02. The van der Waals surface area contributed by atoms with Gasteiger partial charge in [-0.1, -0.05) is 0 Å². The minimum atomic E-state index is -0.173. The first-order chi connectivity index (χ1) is 7.66. The molecule has 2 aromatic rings. The van der Waals surface area contributed by atoms with Gasteiger partial charge in [0, 0.05) is 23.0 Å². The highest BCUT2D eigenvalue weighted by Gasteiger charge is 2.13. The van der Waals surface area contributed by atoms with Crippen LogP contribution in [0, 0.1) is 13.8 Å². The molecule has 0 aliphatic carbocycles. The summed E-state index contributed by atoms with van der Waals surface area (Å²) in [5.41, 5.74) is 1.23. The molecule has 2 heterocycles. The molecule has 0 atom stereocenters. The van der Waals surface area contributed by atoms with Crippen LogP contribution in [0.4, 0.5) is 5.69 Å². The van der Waals surface area contributed by atoms with Crippen LogP contribution >= 0.6 is 11.3 Å². The van der Waals surface area contributed by atoms with Crippen molar-refractivity contribution in [2.45, 2.75) is 13.8 Å². The van der Waals surface area contributed by atoms with Crippen molar-refractivity contribution in [1.29, 1.82) is 0 Å². The summed E-state index contributed by atoms with van der Waals surface area (Å²) in [5.74, 6) is -0.173. The third-order valence-corrected chi connectivity index (χ3v) is 2.94. The molecule has 1 N–H and O–H groups in total. The summed E-state index contributed by atoms with van der Waals surface area (Å²) in [6.07, 6.45) is 3.27. The number of rotatable bonds is 2. The van der Waals surface area contributed by atoms with Crippen LogP contribution < -0.4 is 5.32 Å². The Balaban J connectivity index is 2.18. The fourth-order valence-corrected chi connectivity index (χ4v) is 2.18. The van der Waals surface area contributed by atoms with Crippen LogP contribution in [-0.2, 0) is 0 Å². The van der Waals surface area contributed by atoms with Gasteiger partial charge in [0.2, 0.25) is 0 Å². The predicted molar refractivity (Wildman–Crippen MR) is 63.8 cm³/mol. The summed E-state index contributed by atoms with van der Waals surface area (Å²) in [6, 6.07) is 3.49. The van der Waals surface area contributed by atoms with E-state index in [1.165, 1.54) is 11.3 Å². The molecule has 2 aromatic heterocycles. The topological polar surface area (TPSA) is 54.9 Å². The number of nitrogens with one attached hydrogen (secondary N) is 1. The Bertz CT molecular complexity index is 507. The quantitative estimate of drug-likeness (QED) is 0.866. The smallest absolute Gasteiger partial charge is 0.275 e. The minimum Gasteiger partial charge on any atom is -0.321 e. The molecule has 82 valence electrons. The molecule has 4 nitrogen and oxygen atoms in total. The number of nitrogens with zero attached hydrogens (tertiary/aromatic N) is 2. The summed E-state index contributed by atoms with van der Waals surface area (Å²) < 4.78 is 0. The number of anilines is 1. The number of thiazole rings is 1. The molecule has 0 aliphatic heterocycles. The molecule has 0 saturated heterocycles. The van der Waals surface area contributed by atoms with Gasteiger partial charge < -0.3 is 5.32 Å². The molecule has 0 spiro atoms. The highest BCUT2D eigenvalue weighted by molar-refractivity contribution is 7.11. The largest absolute Gasteiger partial charge is 0.321 e. The number of carbonyl (C=O) groups excluding carboxylic acids is 1. The lowest BCUT2D eigenvalue weighted by molar-refractivity contribution is 0.102. The van der Waals surface area contributed by atoms with Crippen molar-refractivity contribution in [2.75, 3.05) is 5.32 Å². The summed E-state index contributed by atoms with van der Waals surface area (Å²) in [7, 11) is 0. The van der Waals surface area contributed by atoms with Gasteiger partial charge in [-0.05, 0) is 26.0 Å². The highest BCUT2D eigenvalue weighted by Crippen LogP contribution is 2.17. The molecule has 0 aromatic carbocycles. The molecule has 0 unspecified atom stereocenters. The van der Waals surface area contributed by atoms with Gasteiger partial charge in [-0.2, -0.15) is 0 Å². The van der Waals surface area contributed by atoms with E-state index >= 15 is 0 Å². The summed E-state index contributed by atoms with van der Waals surface area (Å²) in [5, 5.41) is 3.68. The number of hydrogen-bond donors (Lipinski definition) is 1. The summed E-state index contributed by atoms with van der Waals surface area (Å²) in [4.78, 5) is 20.9. The molecule has 0 radical (unpaired) electrons. The molecule has 1 amide bonds. The monoisotopic (exact) mass is 233 g/mol. The number of aromatic nitrogens is 2. The Kier molecular flexibility index (Phi) is 2.96. The van der Waals surface area contributed by atoms with Gasteiger partial charge in [0.05, 0.1) is 5.01 Å². The number of carbonyl (C=O) groups is 1. The van der Waals surface area contributed by atoms with Crippen molar-refractivity contribution >= 4 is 22.9 Å². The van der Waals surface area contributed by atoms with E-state index in [4.69, 9.17) is 0 Å². The number of amides is 1. The Morgan fingerprint density at radius 2 is 2.00 bits per heavy atom. The first kappa shape index (κ1) is 10.8. The van der Waals surface area contributed by atoms with Gasteiger partial charge >= 0.3 is 0 Å². The average molecular weight is 233 g/mol. The maximum absolute atomic E-state index is 11.9. The lowest BCUT2D eigenvalue weighted by Crippen LogP contribution is -2.13. The van der Waals surface area contributed by atoms with Crippen molar-refractivity contribution in [3.05, 3.63) is 40.1 Å². The number of aryl methyl sites for hydroxylation is 2. The molecule has 0 fully saturated rings. The van der Waals surface area contributed by atoms with Gasteiger partial charge in [-0.25, -0.2) is 4.98 Å². The molecule has 2 rings (SSSR count). The van der Waals surface area contributed by atoms with Gasteiger partial charge in [0.25, 0.3) is 5.91 Å². The lowest BCUT2D eigenvalue weighted by Gasteiger charge is -2.02. The van der Waals surface area contributed by atoms with E-state index in [0.29, 0.717) is 5.69 Å². The van der Waals surface area contributed by atoms with E-state index in [1.54, 1.807) is 24.5 Å². The Hall–Kier alpha value is -1.75. The Morgan fingerprint density at radius 3 is 2.56 bits per heavy atom. The van der Waals surface area contributed by atoms with Crippen LogP contribution in [0.25, 0.3) is 0 Å². The van der Waals surface area contributed by atoms with Crippen LogP contribution in [-0.4, -0.2) is 15.9 Å². The number of pyridine rings is 1. The van der Waals surface area contributed by atoms with Crippen molar-refractivity contribution in [2.24, 2.45) is 0 Å². The standard InChI is InChI=1S/C11H11N3OS/c1-7-10(13-8(2)16-7)11(15)14-9-3-5-12-6-4-9/h3-6H,1-2H3,(H,12,14,15). The molecule has 0 aliphatic rings. The lowest BCUT2D eigenvalue weighted by atomic mass is 10.3. The fraction of sp³-hybridized carbons (Fsp3) is 0.182. The van der Waals surface area contributed by atoms with Crippen molar-refractivity contribution in [1.82, 2.24) is 9.97 Å². The van der Waals surface area contributed by atoms with E-state index in [1.807, 2.05) is 13.8 Å². The van der Waals surface area contributed by atoms with Gasteiger partial charge in [-0.15, -0.1) is 11.3 Å². The van der Waals surface area contributed by atoms with E-state index < -0.39 is 0 Å². The van der Waals surface area contributed by atoms with E-state index in [9.17, 15) is 4.79 Å². The first-order valence-electron chi connectivity index (χ1n) is 4.82. The molecule has 16 heavy (non-hydrogen) atoms. The third kappa shape index (κ3) is 2.25. The zero-order chi connectivity index (χ0) is 11.5. The predicted octanol–water partition coefficient (Wildman–Crippen LogP) is 2.41. The Labute approximate surface area is 97.4 Å². The molecule has 0 saturated carbocycles. The van der Waals surface area contributed by atoms with Gasteiger partial charge in [0.15, 0.2) is 0 Å². The highest BCUT2D eigenvalue weighted by atomic mass is 32.1. The van der Waals surface area contributed by atoms with Gasteiger partial charge in [0.1, 0.15) is 5.69 Å². The second-order valence-electron chi connectivity index (χ2n) is 3.33. The molecule has 5 heteroatoms. The summed E-state index contributed by atoms with van der Waals surface area (Å²) >= 11 is 1.52. The van der Waals surface area contributed by atoms with Crippen molar-refractivity contribution in [3.8, 4) is 0 Å². The minimum absolute atomic E-state index is 0.173. The van der Waals surface area contributed by atoms with E-state index in [0.717, 1.165) is 15.6 Å². The Morgan fingerprint density at radius 1 is 1.31 bits per heavy atom. The van der Waals surface area contributed by atoms with E-state index in [-0.39, 0.29) is 5.91 Å². The number of hydrogen-bond acceptors (Lipinski definition) is 4. The van der Waals surface area contributed by atoms with Crippen molar-refractivity contribution in [3.63, 3.8) is 0 Å². The normalized spacial score (nSPS) is 10.1. The molecular weight excluding hydrogens is 222 g/mol. The second-order valence-corrected chi connectivity index (χ2v) is 4.74. The van der Waals surface area contributed by atoms with Crippen LogP contribution in [0.15, 0.2) is 24.5 Å². The maximum Gasteiger partial charge on any atom is 0.275 e. The average Bonchev–Trinajstić information content (AvgIpc) is 2.59. The van der Waals surface area contributed by atoms with Crippen molar-refractivity contribution < 1.29 is 4.79 Å². The SMILES string of the molecule is Cc1nc(C(=O)Nc2ccncc2)c(C)s1. The maximum atomic E-state index is 11.9. The fourth-order valence-electron chi connectivity index (χ4n) is 1.37. The van der Waals surface area contributed by atoms with Crippen LogP contribution in [0.2, 0.25) is 0 Å². The zero-order valence-corrected chi connectivity index (χ0v) is 9.84. The molecule has 0 bridgehead atoms. The molecular formula is C11H11N3OS. The van der Waals surface area contributed by atoms with Gasteiger partial charge in [-0.3, -0.25) is 9.78 Å².